The predicted molar refractivity (Wildman–Crippen MR) is 169 cm³/mol. The van der Waals surface area contributed by atoms with Crippen LogP contribution < -0.4 is 25.9 Å². The van der Waals surface area contributed by atoms with Crippen molar-refractivity contribution in [2.24, 2.45) is 0 Å². The minimum atomic E-state index is -0.714. The fourth-order valence-electron chi connectivity index (χ4n) is 5.49. The topological polar surface area (TPSA) is 44.2 Å². The molecule has 6 heteroatoms. The quantitative estimate of drug-likeness (QED) is 0.146. The van der Waals surface area contributed by atoms with Crippen LogP contribution in [-0.2, 0) is 20.1 Å². The van der Waals surface area contributed by atoms with Crippen LogP contribution in [0.3, 0.4) is 0 Å². The number of hydrogen-bond donors (Lipinski definition) is 0. The van der Waals surface area contributed by atoms with Crippen molar-refractivity contribution in [3.63, 3.8) is 0 Å². The van der Waals surface area contributed by atoms with Crippen LogP contribution >= 0.6 is 0 Å². The molecule has 4 nitrogen and oxygen atoms in total. The Bertz CT molecular complexity index is 1890. The van der Waals surface area contributed by atoms with Crippen LogP contribution in [0.5, 0.6) is 23.0 Å². The Balaban J connectivity index is 0.000000222. The van der Waals surface area contributed by atoms with Crippen LogP contribution in [0.25, 0.3) is 22.5 Å². The van der Waals surface area contributed by atoms with Crippen LogP contribution in [0.15, 0.2) is 122 Å². The summed E-state index contributed by atoms with van der Waals surface area (Å²) in [6.07, 6.45) is 3.54. The van der Waals surface area contributed by atoms with Gasteiger partial charge >= 0.3 is 0 Å². The Morgan fingerprint density at radius 2 is 1.47 bits per heavy atom. The second-order valence-corrected chi connectivity index (χ2v) is 10.4. The largest absolute Gasteiger partial charge is 0.503 e. The van der Waals surface area contributed by atoms with Gasteiger partial charge in [-0.2, -0.15) is 0 Å². The monoisotopic (exact) mass is 736 g/mol. The maximum absolute atomic E-state index is 8.41. The van der Waals surface area contributed by atoms with E-state index in [1.54, 1.807) is 12.4 Å². The summed E-state index contributed by atoms with van der Waals surface area (Å²) in [5, 5.41) is 0. The number of benzene rings is 4. The molecule has 4 aromatic carbocycles. The third kappa shape index (κ3) is 5.52. The van der Waals surface area contributed by atoms with Gasteiger partial charge in [0, 0.05) is 45.1 Å². The number of hydrogen-bond acceptors (Lipinski definition) is 4. The van der Waals surface area contributed by atoms with Crippen molar-refractivity contribution in [1.82, 2.24) is 9.97 Å². The van der Waals surface area contributed by atoms with Crippen LogP contribution in [0, 0.1) is 12.1 Å². The second-order valence-electron chi connectivity index (χ2n) is 10.4. The summed E-state index contributed by atoms with van der Waals surface area (Å²) in [6.45, 7) is 3.77. The Labute approximate surface area is 267 Å². The molecule has 43 heavy (non-hydrogen) atoms. The van der Waals surface area contributed by atoms with E-state index in [9.17, 15) is 0 Å². The molecule has 0 amide bonds. The maximum atomic E-state index is 8.41. The van der Waals surface area contributed by atoms with E-state index in [2.05, 4.69) is 34.2 Å². The SMILES string of the molecule is [2H]C(C)(C)c1ccnc(-c2[c-]ccc3c2Oc2cccc4c2B3c2ccccc2O4)c1.[Ir].[c-]1ccccc1-c1ccccn1. The molecular formula is C37H27BIrN2O2-2. The molecule has 0 bridgehead atoms. The van der Waals surface area contributed by atoms with Crippen LogP contribution in [0.1, 0.15) is 26.7 Å². The van der Waals surface area contributed by atoms with Crippen molar-refractivity contribution in [2.75, 3.05) is 0 Å². The average Bonchev–Trinajstić information content (AvgIpc) is 3.05. The molecule has 0 aliphatic carbocycles. The molecule has 6 aromatic rings. The first-order valence-corrected chi connectivity index (χ1v) is 13.9. The average molecular weight is 736 g/mol. The number of rotatable bonds is 3. The van der Waals surface area contributed by atoms with Gasteiger partial charge in [-0.25, -0.2) is 0 Å². The molecule has 2 aromatic heterocycles. The van der Waals surface area contributed by atoms with E-state index in [1.807, 2.05) is 111 Å². The third-order valence-electron chi connectivity index (χ3n) is 7.51. The summed E-state index contributed by atoms with van der Waals surface area (Å²) in [4.78, 5) is 8.81. The predicted octanol–water partition coefficient (Wildman–Crippen LogP) is 6.95. The fraction of sp³-hybridized carbons (Fsp3) is 0.0811. The van der Waals surface area contributed by atoms with Gasteiger partial charge in [0.15, 0.2) is 0 Å². The second kappa shape index (κ2) is 12.4. The van der Waals surface area contributed by atoms with Gasteiger partial charge in [-0.1, -0.05) is 67.4 Å². The molecule has 0 fully saturated rings. The van der Waals surface area contributed by atoms with Crippen molar-refractivity contribution >= 4 is 23.1 Å². The first-order chi connectivity index (χ1) is 21.0. The number of aromatic nitrogens is 2. The molecule has 8 rings (SSSR count). The summed E-state index contributed by atoms with van der Waals surface area (Å²) in [7, 11) is 0. The van der Waals surface area contributed by atoms with Gasteiger partial charge in [-0.15, -0.1) is 59.6 Å². The molecule has 1 radical (unpaired) electrons. The molecule has 0 N–H and O–H groups in total. The number of pyridine rings is 2. The van der Waals surface area contributed by atoms with Gasteiger partial charge in [0.25, 0.3) is 0 Å². The standard InChI is InChI=1S/C26H19BNO2.C11H8N.Ir/c1-16(2)17-13-14-28-21(15-17)18-7-5-9-20-26(18)30-24-12-6-11-23-25(24)27(20)19-8-3-4-10-22(19)29-23;1-2-6-10(7-3-1)11-8-4-5-9-12-11;/h3-6,8-16H,1-2H3;1-6,8-9H;/q2*-1;/i16D;;. The number of ether oxygens (including phenoxy) is 2. The van der Waals surface area contributed by atoms with E-state index < -0.39 is 5.89 Å². The van der Waals surface area contributed by atoms with E-state index in [4.69, 9.17) is 10.8 Å². The summed E-state index contributed by atoms with van der Waals surface area (Å²) in [5.74, 6) is 2.55. The molecule has 0 saturated carbocycles. The maximum Gasteiger partial charge on any atom is 0.241 e. The molecule has 2 aliphatic heterocycles. The van der Waals surface area contributed by atoms with Gasteiger partial charge in [0.1, 0.15) is 17.2 Å². The van der Waals surface area contributed by atoms with E-state index in [1.165, 1.54) is 0 Å². The van der Waals surface area contributed by atoms with Gasteiger partial charge in [0.2, 0.25) is 6.71 Å². The van der Waals surface area contributed by atoms with Crippen molar-refractivity contribution in [2.45, 2.75) is 19.7 Å². The minimum absolute atomic E-state index is 0. The first-order valence-electron chi connectivity index (χ1n) is 14.4. The zero-order valence-electron chi connectivity index (χ0n) is 24.7. The fourth-order valence-corrected chi connectivity index (χ4v) is 5.49. The van der Waals surface area contributed by atoms with Crippen LogP contribution in [0.4, 0.5) is 0 Å². The van der Waals surface area contributed by atoms with Gasteiger partial charge in [0.05, 0.1) is 0 Å². The molecule has 0 saturated heterocycles. The minimum Gasteiger partial charge on any atom is -0.503 e. The van der Waals surface area contributed by atoms with Gasteiger partial charge in [-0.3, -0.25) is 0 Å². The smallest absolute Gasteiger partial charge is 0.241 e. The molecule has 4 heterocycles. The first kappa shape index (κ1) is 27.3. The van der Waals surface area contributed by atoms with Crippen molar-refractivity contribution in [1.29, 1.82) is 0 Å². The number of nitrogens with zero attached hydrogens (tertiary/aromatic N) is 2. The van der Waals surface area contributed by atoms with Crippen LogP contribution in [-0.4, -0.2) is 16.7 Å². The molecule has 0 unspecified atom stereocenters. The summed E-state index contributed by atoms with van der Waals surface area (Å²) in [6, 6.07) is 42.1. The Morgan fingerprint density at radius 1 is 0.698 bits per heavy atom. The van der Waals surface area contributed by atoms with E-state index in [0.29, 0.717) is 0 Å². The molecule has 0 spiro atoms. The van der Waals surface area contributed by atoms with Crippen molar-refractivity contribution in [3.05, 3.63) is 139 Å². The van der Waals surface area contributed by atoms with Crippen LogP contribution in [0.2, 0.25) is 0 Å². The summed E-state index contributed by atoms with van der Waals surface area (Å²) >= 11 is 0. The molecule has 2 aliphatic rings. The number of fused-ring (bicyclic) bond motifs is 4. The summed E-state index contributed by atoms with van der Waals surface area (Å²) in [5.41, 5.74) is 7.73. The van der Waals surface area contributed by atoms with Gasteiger partial charge in [-0.05, 0) is 53.1 Å². The zero-order chi connectivity index (χ0) is 29.4. The normalized spacial score (nSPS) is 12.4. The van der Waals surface area contributed by atoms with Crippen molar-refractivity contribution < 1.29 is 30.9 Å². The van der Waals surface area contributed by atoms with E-state index in [0.717, 1.165) is 67.5 Å². The third-order valence-corrected chi connectivity index (χ3v) is 7.51. The molecule has 0 atom stereocenters. The van der Waals surface area contributed by atoms with Crippen molar-refractivity contribution in [3.8, 4) is 45.5 Å². The molecular weight excluding hydrogens is 707 g/mol. The van der Waals surface area contributed by atoms with E-state index in [-0.39, 0.29) is 26.8 Å². The van der Waals surface area contributed by atoms with E-state index >= 15 is 0 Å². The number of para-hydroxylation sites is 1. The Kier molecular flexibility index (Phi) is 7.87. The summed E-state index contributed by atoms with van der Waals surface area (Å²) < 4.78 is 21.0. The molecule has 211 valence electrons. The zero-order valence-corrected chi connectivity index (χ0v) is 26.1. The Morgan fingerprint density at radius 3 is 2.26 bits per heavy atom. The van der Waals surface area contributed by atoms with Gasteiger partial charge < -0.3 is 19.4 Å². The Hall–Kier alpha value is -4.51.